The molecule has 0 aromatic heterocycles. The van der Waals surface area contributed by atoms with Crippen LogP contribution in [-0.4, -0.2) is 111 Å². The van der Waals surface area contributed by atoms with E-state index in [9.17, 15) is 24.9 Å². The van der Waals surface area contributed by atoms with Gasteiger partial charge in [0.25, 0.3) is 5.91 Å². The first-order chi connectivity index (χ1) is 49.4. The smallest absolute Gasteiger partial charge is 0.259 e. The molecule has 7 aromatic rings. The summed E-state index contributed by atoms with van der Waals surface area (Å²) in [6.07, 6.45) is 5.61. The van der Waals surface area contributed by atoms with Crippen molar-refractivity contribution in [2.75, 3.05) is 74.5 Å². The highest BCUT2D eigenvalue weighted by Crippen LogP contribution is 2.45. The number of benzene rings is 7. The van der Waals surface area contributed by atoms with Gasteiger partial charge in [0.15, 0.2) is 11.6 Å². The maximum atomic E-state index is 13.2. The number of carbonyl (C=O) groups excluding carboxylic acids is 3. The molecule has 0 heterocycles. The predicted molar refractivity (Wildman–Crippen MR) is 449 cm³/mol. The predicted octanol–water partition coefficient (Wildman–Crippen LogP) is 19.2. The van der Waals surface area contributed by atoms with Crippen molar-refractivity contribution in [3.8, 4) is 12.1 Å². The van der Waals surface area contributed by atoms with E-state index in [2.05, 4.69) is 220 Å². The molecule has 0 radical (unpaired) electrons. The molecule has 0 aliphatic heterocycles. The van der Waals surface area contributed by atoms with Crippen molar-refractivity contribution in [2.24, 2.45) is 34.9 Å². The number of amides is 2. The number of halogens is 2. The van der Waals surface area contributed by atoms with Crippen LogP contribution in [0.3, 0.4) is 0 Å². The molecule has 10 rings (SSSR count). The Morgan fingerprint density at radius 1 is 0.490 bits per heavy atom. The quantitative estimate of drug-likeness (QED) is 0.0260. The molecule has 102 heavy (non-hydrogen) atoms. The van der Waals surface area contributed by atoms with E-state index in [0.29, 0.717) is 62.1 Å². The summed E-state index contributed by atoms with van der Waals surface area (Å²) in [4.78, 5) is 79.7. The Kier molecular flexibility index (Phi) is 31.0. The lowest BCUT2D eigenvalue weighted by Crippen LogP contribution is -2.26. The number of anilines is 5. The second-order valence-corrected chi connectivity index (χ2v) is 23.0. The number of aliphatic imine (C=N–C) groups is 7. The lowest BCUT2D eigenvalue weighted by Gasteiger charge is -2.23. The molecule has 522 valence electrons. The van der Waals surface area contributed by atoms with Gasteiger partial charge in [-0.05, 0) is 218 Å². The fourth-order valence-electron chi connectivity index (χ4n) is 12.0. The number of nitriles is 2. The molecule has 0 saturated carbocycles. The van der Waals surface area contributed by atoms with Crippen LogP contribution in [0.5, 0.6) is 0 Å². The molecular formula is C83H88I2N14O3. The van der Waals surface area contributed by atoms with Crippen molar-refractivity contribution in [1.82, 2.24) is 0 Å². The molecule has 0 bridgehead atoms. The number of rotatable bonds is 19. The number of nitrogens with zero attached hydrogens (tertiary/aromatic N) is 12. The van der Waals surface area contributed by atoms with Crippen molar-refractivity contribution >= 4 is 169 Å². The first kappa shape index (κ1) is 80.4. The summed E-state index contributed by atoms with van der Waals surface area (Å²) >= 11 is 4.30. The van der Waals surface area contributed by atoms with Crippen LogP contribution in [0.1, 0.15) is 109 Å². The number of carbonyl (C=O) groups is 3. The van der Waals surface area contributed by atoms with Gasteiger partial charge in [-0.15, -0.1) is 0 Å². The number of aryl methyl sites for hydroxylation is 4. The van der Waals surface area contributed by atoms with Crippen LogP contribution in [0, 0.1) is 50.4 Å². The fourth-order valence-corrected chi connectivity index (χ4v) is 12.0. The van der Waals surface area contributed by atoms with E-state index < -0.39 is 5.91 Å². The minimum atomic E-state index is -0.439. The Balaban J connectivity index is 0.000000236. The van der Waals surface area contributed by atoms with Gasteiger partial charge in [0, 0.05) is 102 Å². The topological polar surface area (TPSA) is 219 Å². The van der Waals surface area contributed by atoms with Crippen LogP contribution in [-0.2, 0) is 9.59 Å². The van der Waals surface area contributed by atoms with Gasteiger partial charge in [-0.25, -0.2) is 25.0 Å². The van der Waals surface area contributed by atoms with Crippen molar-refractivity contribution in [1.29, 1.82) is 10.5 Å². The molecule has 0 saturated heterocycles. The first-order valence-corrected chi connectivity index (χ1v) is 37.6. The van der Waals surface area contributed by atoms with Gasteiger partial charge in [-0.1, -0.05) is 136 Å². The van der Waals surface area contributed by atoms with Crippen LogP contribution in [0.2, 0.25) is 0 Å². The molecule has 2 amide bonds. The molecule has 0 fully saturated rings. The number of hydrogen-bond donors (Lipinski definition) is 2. The van der Waals surface area contributed by atoms with Gasteiger partial charge in [0.05, 0.1) is 45.5 Å². The highest BCUT2D eigenvalue weighted by Gasteiger charge is 2.34. The summed E-state index contributed by atoms with van der Waals surface area (Å²) in [5, 5.41) is 25.3. The van der Waals surface area contributed by atoms with Crippen LogP contribution >= 0.6 is 45.2 Å². The number of alkyl halides is 2. The Hall–Kier alpha value is -10.6. The monoisotopic (exact) mass is 1580 g/mol. The third-order valence-electron chi connectivity index (χ3n) is 16.9. The maximum absolute atomic E-state index is 13.2. The summed E-state index contributed by atoms with van der Waals surface area (Å²) in [6.45, 7) is 42.1. The van der Waals surface area contributed by atoms with E-state index >= 15 is 0 Å². The Bertz CT molecular complexity index is 4560. The molecule has 0 spiro atoms. The SMILES string of the molecule is C=N/C(C#N)=C1/C(=Nc2ccc(N(CC)CC)cc2NC(C)=O)/C(=C(\C#N)N=C)c2ccccc21.C=NC(N=C)=C1C=CC(=Nc2ccc(N(CC)CC)cc2C)c2ccccc21.CCN(CC)c1cc(C)c(N=C2C=C(C(=O)Nc3ccc(C)cc3)C(=O)c3ccccc32)c(C)c1.CI.CI. The van der Waals surface area contributed by atoms with E-state index in [-0.39, 0.29) is 28.7 Å². The van der Waals surface area contributed by atoms with E-state index in [1.807, 2.05) is 134 Å². The fraction of sp³-hybridized carbons (Fsp3) is 0.229. The zero-order valence-electron chi connectivity index (χ0n) is 60.5. The summed E-state index contributed by atoms with van der Waals surface area (Å²) in [7, 11) is 0. The number of nitrogens with one attached hydrogen (secondary N) is 2. The first-order valence-electron chi connectivity index (χ1n) is 33.3. The molecule has 19 heteroatoms. The summed E-state index contributed by atoms with van der Waals surface area (Å²) < 4.78 is 0. The maximum Gasteiger partial charge on any atom is 0.259 e. The standard InChI is InChI=1S/C30H31N3O2.C27H25N7O.C24H26N4.2CH3I/c1-6-33(7-2)23-16-20(4)28(21(5)17-23)32-27-18-26(29(34)25-11-9-8-10-24(25)27)30(35)31-22-14-12-19(3)13-15-22;1-6-34(7-2)18-12-13-21(22(14-18)32-17(3)35)33-27-25(23(15-28)30-4)19-10-8-9-11-20(19)26(27)24(16-29)31-5;1-6-28(7-2)18-12-14-22(17(3)16-18)27-23-15-13-21(24(25-4)26-5)19-10-8-9-11-20(19)23;2*1-2/h8-18H,6-7H2,1-5H3,(H,31,35);8-14H,4-7H2,1-3H3,(H,32,35);8-16H,4-7H2,1-3H3;2*1H3/b;25-23+,26-24+;;;. The number of allylic oxidation sites excluding steroid dienone is 8. The lowest BCUT2D eigenvalue weighted by molar-refractivity contribution is -0.114. The zero-order chi connectivity index (χ0) is 74.7. The largest absolute Gasteiger partial charge is 0.372 e. The van der Waals surface area contributed by atoms with Gasteiger partial charge in [0.2, 0.25) is 5.91 Å². The van der Waals surface area contributed by atoms with Crippen LogP contribution in [0.15, 0.2) is 222 Å². The molecule has 2 N–H and O–H groups in total. The van der Waals surface area contributed by atoms with Gasteiger partial charge in [-0.2, -0.15) is 10.5 Å². The van der Waals surface area contributed by atoms with Crippen LogP contribution in [0.25, 0.3) is 16.7 Å². The molecule has 3 aliphatic carbocycles. The normalized spacial score (nSPS) is 13.8. The van der Waals surface area contributed by atoms with Crippen molar-refractivity contribution in [3.63, 3.8) is 0 Å². The van der Waals surface area contributed by atoms with Crippen LogP contribution in [0.4, 0.5) is 45.5 Å². The molecule has 3 aliphatic rings. The summed E-state index contributed by atoms with van der Waals surface area (Å²) in [6, 6.07) is 50.7. The Labute approximate surface area is 629 Å². The lowest BCUT2D eigenvalue weighted by atomic mass is 9.88. The number of Topliss-reactive ketones (excluding diaryl/α,β-unsaturated/α-hetero) is 1. The van der Waals surface area contributed by atoms with E-state index in [0.717, 1.165) is 107 Å². The average Bonchev–Trinajstić information content (AvgIpc) is 1.61. The number of ketones is 1. The van der Waals surface area contributed by atoms with Crippen molar-refractivity contribution < 1.29 is 14.4 Å². The Morgan fingerprint density at radius 3 is 1.41 bits per heavy atom. The molecular weight excluding hydrogens is 1490 g/mol. The minimum Gasteiger partial charge on any atom is -0.372 e. The molecule has 17 nitrogen and oxygen atoms in total. The van der Waals surface area contributed by atoms with Crippen molar-refractivity contribution in [3.05, 3.63) is 242 Å². The number of hydrogen-bond acceptors (Lipinski definition) is 15. The number of fused-ring (bicyclic) bond motifs is 3. The highest BCUT2D eigenvalue weighted by molar-refractivity contribution is 14.1. The van der Waals surface area contributed by atoms with Gasteiger partial charge in [-0.3, -0.25) is 24.4 Å². The van der Waals surface area contributed by atoms with Gasteiger partial charge in [0.1, 0.15) is 23.5 Å². The zero-order valence-corrected chi connectivity index (χ0v) is 64.8. The molecule has 7 aromatic carbocycles. The second kappa shape index (κ2) is 39.4. The Morgan fingerprint density at radius 2 is 0.941 bits per heavy atom. The molecule has 0 unspecified atom stereocenters. The minimum absolute atomic E-state index is 0.0633. The third-order valence-corrected chi connectivity index (χ3v) is 16.9. The summed E-state index contributed by atoms with van der Waals surface area (Å²) in [5.74, 6) is -0.455. The molecule has 0 atom stereocenters. The average molecular weight is 1580 g/mol. The van der Waals surface area contributed by atoms with E-state index in [4.69, 9.17) is 15.0 Å². The summed E-state index contributed by atoms with van der Waals surface area (Å²) in [5.41, 5.74) is 19.6. The van der Waals surface area contributed by atoms with E-state index in [1.54, 1.807) is 18.2 Å². The van der Waals surface area contributed by atoms with Crippen LogP contribution < -0.4 is 25.3 Å². The van der Waals surface area contributed by atoms with Gasteiger partial charge < -0.3 is 25.3 Å². The van der Waals surface area contributed by atoms with Crippen molar-refractivity contribution in [2.45, 2.75) is 76.2 Å². The van der Waals surface area contributed by atoms with E-state index in [1.165, 1.54) is 18.3 Å². The highest BCUT2D eigenvalue weighted by atomic mass is 127. The van der Waals surface area contributed by atoms with Gasteiger partial charge >= 0.3 is 0 Å². The second-order valence-electron chi connectivity index (χ2n) is 23.0. The third kappa shape index (κ3) is 19.1.